The van der Waals surface area contributed by atoms with E-state index < -0.39 is 84.2 Å². The maximum Gasteiger partial charge on any atom is 0.335 e. The van der Waals surface area contributed by atoms with Crippen molar-refractivity contribution in [2.45, 2.75) is 181 Å². The number of rotatable bonds is 6. The Morgan fingerprint density at radius 1 is 0.704 bits per heavy atom. The van der Waals surface area contributed by atoms with Gasteiger partial charge in [-0.3, -0.25) is 4.79 Å². The molecular weight excluding hydrogens is 700 g/mol. The van der Waals surface area contributed by atoms with Gasteiger partial charge < -0.3 is 54.7 Å². The first-order chi connectivity index (χ1) is 25.0. The van der Waals surface area contributed by atoms with Crippen molar-refractivity contribution in [2.24, 2.45) is 44.3 Å². The second kappa shape index (κ2) is 13.4. The van der Waals surface area contributed by atoms with Gasteiger partial charge in [-0.15, -0.1) is 0 Å². The number of hydrogen-bond acceptors (Lipinski definition) is 11. The summed E-state index contributed by atoms with van der Waals surface area (Å²) >= 11 is 0. The molecule has 16 unspecified atom stereocenters. The van der Waals surface area contributed by atoms with Gasteiger partial charge in [0.25, 0.3) is 0 Å². The highest BCUT2D eigenvalue weighted by molar-refractivity contribution is 5.80. The summed E-state index contributed by atoms with van der Waals surface area (Å²) in [5, 5.41) is 73.6. The fourth-order valence-corrected chi connectivity index (χ4v) is 13.4. The van der Waals surface area contributed by atoms with Crippen molar-refractivity contribution in [3.05, 3.63) is 11.1 Å². The van der Waals surface area contributed by atoms with Gasteiger partial charge in [0.2, 0.25) is 0 Å². The second-order valence-corrected chi connectivity index (χ2v) is 20.2. The third-order valence-electron chi connectivity index (χ3n) is 16.7. The van der Waals surface area contributed by atoms with E-state index >= 15 is 0 Å². The highest BCUT2D eigenvalue weighted by Crippen LogP contribution is 2.75. The van der Waals surface area contributed by atoms with E-state index in [2.05, 4.69) is 48.5 Å². The summed E-state index contributed by atoms with van der Waals surface area (Å²) in [5.74, 6) is -1.52. The lowest BCUT2D eigenvalue weighted by molar-refractivity contribution is -0.357. The average molecular weight is 765 g/mol. The lowest BCUT2D eigenvalue weighted by atomic mass is 9.34. The molecule has 7 rings (SSSR count). The fourth-order valence-electron chi connectivity index (χ4n) is 13.4. The Morgan fingerprint density at radius 3 is 2.06 bits per heavy atom. The average Bonchev–Trinajstić information content (AvgIpc) is 3.08. The van der Waals surface area contributed by atoms with E-state index in [4.69, 9.17) is 18.9 Å². The van der Waals surface area contributed by atoms with Crippen molar-refractivity contribution >= 4 is 11.9 Å². The maximum absolute atomic E-state index is 13.0. The quantitative estimate of drug-likeness (QED) is 0.152. The normalized spacial score (nSPS) is 51.3. The molecule has 2 saturated heterocycles. The third-order valence-corrected chi connectivity index (χ3v) is 16.7. The van der Waals surface area contributed by atoms with Crippen LogP contribution in [0.5, 0.6) is 0 Å². The molecule has 16 atom stereocenters. The van der Waals surface area contributed by atoms with Crippen LogP contribution < -0.4 is 0 Å². The van der Waals surface area contributed by atoms with Gasteiger partial charge in [0, 0.05) is 0 Å². The summed E-state index contributed by atoms with van der Waals surface area (Å²) in [6.45, 7) is 15.9. The highest BCUT2D eigenvalue weighted by Gasteiger charge is 2.69. The van der Waals surface area contributed by atoms with Gasteiger partial charge in [0.15, 0.2) is 18.7 Å². The van der Waals surface area contributed by atoms with E-state index in [0.29, 0.717) is 25.2 Å². The summed E-state index contributed by atoms with van der Waals surface area (Å²) in [6, 6.07) is 0. The van der Waals surface area contributed by atoms with Crippen LogP contribution >= 0.6 is 0 Å². The highest BCUT2D eigenvalue weighted by atomic mass is 16.7. The molecule has 0 spiro atoms. The molecule has 4 saturated carbocycles. The van der Waals surface area contributed by atoms with E-state index in [9.17, 15) is 45.3 Å². The standard InChI is InChI=1S/C41H64O13/c1-36(2)14-16-41(35(49)50)17-15-39(6)20(21(41)18-36)8-9-24-38(5)12-11-25(37(3,4)23(38)10-13-40(24,39)7)52-34-29(46)30(28(45)31(54-34)32(47)48)53-33-27(44)26(43)22(42)19-51-33/h22-31,33-34,42-46H,8-19H2,1-7H3,(H,47,48)(H,49,50). The van der Waals surface area contributed by atoms with E-state index in [1.807, 2.05) is 0 Å². The Bertz CT molecular complexity index is 1530. The van der Waals surface area contributed by atoms with Gasteiger partial charge in [-0.1, -0.05) is 59.6 Å². The zero-order chi connectivity index (χ0) is 39.6. The van der Waals surface area contributed by atoms with Crippen LogP contribution in [-0.4, -0.2) is 116 Å². The first kappa shape index (κ1) is 40.5. The molecular formula is C41H64O13. The molecule has 0 radical (unpaired) electrons. The van der Waals surface area contributed by atoms with Crippen molar-refractivity contribution in [1.82, 2.24) is 0 Å². The zero-order valence-electron chi connectivity index (χ0n) is 33.0. The lowest BCUT2D eigenvalue weighted by Gasteiger charge is -2.71. The first-order valence-electron chi connectivity index (χ1n) is 20.2. The van der Waals surface area contributed by atoms with Crippen molar-refractivity contribution in [3.8, 4) is 0 Å². The van der Waals surface area contributed by atoms with Crippen LogP contribution in [0.3, 0.4) is 0 Å². The summed E-state index contributed by atoms with van der Waals surface area (Å²) < 4.78 is 23.4. The number of carboxylic acids is 2. The van der Waals surface area contributed by atoms with E-state index in [1.165, 1.54) is 11.1 Å². The molecule has 306 valence electrons. The van der Waals surface area contributed by atoms with Crippen molar-refractivity contribution in [1.29, 1.82) is 0 Å². The lowest BCUT2D eigenvalue weighted by Crippen LogP contribution is -2.66. The Labute approximate surface area is 318 Å². The van der Waals surface area contributed by atoms with Gasteiger partial charge in [-0.05, 0) is 110 Å². The van der Waals surface area contributed by atoms with Crippen LogP contribution in [0.25, 0.3) is 0 Å². The predicted molar refractivity (Wildman–Crippen MR) is 193 cm³/mol. The van der Waals surface area contributed by atoms with Crippen molar-refractivity contribution in [2.75, 3.05) is 6.61 Å². The predicted octanol–water partition coefficient (Wildman–Crippen LogP) is 3.76. The molecule has 7 N–H and O–H groups in total. The molecule has 0 aromatic carbocycles. The molecule has 7 aliphatic rings. The minimum absolute atomic E-state index is 0.0255. The van der Waals surface area contributed by atoms with Crippen molar-refractivity contribution in [3.63, 3.8) is 0 Å². The van der Waals surface area contributed by atoms with Gasteiger partial charge in [0.05, 0.1) is 18.1 Å². The topological polar surface area (TPSA) is 213 Å². The van der Waals surface area contributed by atoms with Crippen LogP contribution in [0.2, 0.25) is 0 Å². The zero-order valence-corrected chi connectivity index (χ0v) is 33.0. The number of carboxylic acid groups (broad SMARTS) is 2. The Hall–Kier alpha value is -1.68. The van der Waals surface area contributed by atoms with E-state index in [-0.39, 0.29) is 34.2 Å². The molecule has 6 fully saturated rings. The minimum Gasteiger partial charge on any atom is -0.481 e. The summed E-state index contributed by atoms with van der Waals surface area (Å²) in [5.41, 5.74) is 1.37. The van der Waals surface area contributed by atoms with Crippen molar-refractivity contribution < 1.29 is 64.3 Å². The fraction of sp³-hybridized carbons (Fsp3) is 0.902. The molecule has 0 amide bonds. The Balaban J connectivity index is 1.13. The molecule has 2 aliphatic heterocycles. The van der Waals surface area contributed by atoms with Crippen LogP contribution in [0.1, 0.15) is 119 Å². The summed E-state index contributed by atoms with van der Waals surface area (Å²) in [7, 11) is 0. The molecule has 54 heavy (non-hydrogen) atoms. The van der Waals surface area contributed by atoms with E-state index in [0.717, 1.165) is 51.4 Å². The molecule has 0 aromatic rings. The number of carbonyl (C=O) groups is 2. The second-order valence-electron chi connectivity index (χ2n) is 20.2. The molecule has 13 nitrogen and oxygen atoms in total. The molecule has 0 bridgehead atoms. The monoisotopic (exact) mass is 764 g/mol. The molecule has 0 aromatic heterocycles. The van der Waals surface area contributed by atoms with Gasteiger partial charge >= 0.3 is 11.9 Å². The molecule has 13 heteroatoms. The summed E-state index contributed by atoms with van der Waals surface area (Å²) in [6.07, 6.45) is -5.81. The number of aliphatic hydroxyl groups is 5. The van der Waals surface area contributed by atoms with E-state index in [1.54, 1.807) is 0 Å². The number of fused-ring (bicyclic) bond motifs is 6. The van der Waals surface area contributed by atoms with Crippen LogP contribution in [-0.2, 0) is 28.5 Å². The number of hydrogen-bond donors (Lipinski definition) is 7. The largest absolute Gasteiger partial charge is 0.481 e. The first-order valence-corrected chi connectivity index (χ1v) is 20.2. The molecule has 5 aliphatic carbocycles. The Morgan fingerprint density at radius 2 is 1.39 bits per heavy atom. The van der Waals surface area contributed by atoms with Crippen LogP contribution in [0.4, 0.5) is 0 Å². The van der Waals surface area contributed by atoms with Gasteiger partial charge in [-0.2, -0.15) is 0 Å². The number of allylic oxidation sites excluding steroid dienone is 1. The minimum atomic E-state index is -1.86. The Kier molecular flexibility index (Phi) is 10.1. The van der Waals surface area contributed by atoms with Gasteiger partial charge in [0.1, 0.15) is 36.6 Å². The molecule has 2 heterocycles. The SMILES string of the molecule is CC1(C)CCC2(C(=O)O)CCC3(C)C(=C2C1)CCC1C2(C)CCC(OC4OC(C(=O)O)C(O)C(OC5OCC(O)C(O)C5O)C4O)C(C)(C)C2CCC13C. The third kappa shape index (κ3) is 5.88. The number of aliphatic hydroxyl groups excluding tert-OH is 5. The number of aliphatic carboxylic acids is 2. The number of ether oxygens (including phenoxy) is 4. The summed E-state index contributed by atoms with van der Waals surface area (Å²) in [4.78, 5) is 25.3. The smallest absolute Gasteiger partial charge is 0.335 e. The van der Waals surface area contributed by atoms with Gasteiger partial charge in [-0.25, -0.2) is 4.79 Å². The van der Waals surface area contributed by atoms with Crippen LogP contribution in [0.15, 0.2) is 11.1 Å². The maximum atomic E-state index is 13.0. The van der Waals surface area contributed by atoms with Crippen LogP contribution in [0, 0.1) is 44.3 Å².